The summed E-state index contributed by atoms with van der Waals surface area (Å²) >= 11 is 0. The molecular formula is C17H20N2O5. The molecule has 0 unspecified atom stereocenters. The van der Waals surface area contributed by atoms with Crippen LogP contribution in [-0.2, 0) is 4.74 Å². The number of nitrogens with one attached hydrogen (secondary N) is 2. The summed E-state index contributed by atoms with van der Waals surface area (Å²) in [5, 5.41) is 3.10. The van der Waals surface area contributed by atoms with E-state index < -0.39 is 5.91 Å². The third kappa shape index (κ3) is 3.07. The van der Waals surface area contributed by atoms with E-state index >= 15 is 0 Å². The molecule has 0 saturated carbocycles. The molecule has 0 radical (unpaired) electrons. The lowest BCUT2D eigenvalue weighted by atomic mass is 10.1. The van der Waals surface area contributed by atoms with E-state index in [2.05, 4.69) is 10.3 Å². The molecular weight excluding hydrogens is 312 g/mol. The average Bonchev–Trinajstić information content (AvgIpc) is 3.12. The Morgan fingerprint density at radius 3 is 2.88 bits per heavy atom. The van der Waals surface area contributed by atoms with Crippen LogP contribution in [0.3, 0.4) is 0 Å². The molecule has 1 fully saturated rings. The summed E-state index contributed by atoms with van der Waals surface area (Å²) in [6.45, 7) is 1.12. The highest BCUT2D eigenvalue weighted by Gasteiger charge is 2.19. The third-order valence-electron chi connectivity index (χ3n) is 4.14. The van der Waals surface area contributed by atoms with Gasteiger partial charge in [-0.2, -0.15) is 0 Å². The molecule has 1 aromatic carbocycles. The smallest absolute Gasteiger partial charge is 0.256 e. The zero-order valence-corrected chi connectivity index (χ0v) is 13.7. The SMILES string of the molecule is COc1cc(OC)c2[nH]cc(C(=O)NC[C@H]3CCCO3)c(=O)c2c1. The quantitative estimate of drug-likeness (QED) is 0.865. The van der Waals surface area contributed by atoms with Crippen molar-refractivity contribution in [2.45, 2.75) is 18.9 Å². The fourth-order valence-electron chi connectivity index (χ4n) is 2.83. The van der Waals surface area contributed by atoms with Gasteiger partial charge in [-0.25, -0.2) is 0 Å². The minimum absolute atomic E-state index is 0.0219. The predicted octanol–water partition coefficient (Wildman–Crippen LogP) is 1.45. The molecule has 1 atom stereocenters. The number of aromatic nitrogens is 1. The zero-order valence-electron chi connectivity index (χ0n) is 13.7. The van der Waals surface area contributed by atoms with Gasteiger partial charge in [0, 0.05) is 25.4 Å². The summed E-state index contributed by atoms with van der Waals surface area (Å²) in [6.07, 6.45) is 3.35. The van der Waals surface area contributed by atoms with Crippen LogP contribution in [0.25, 0.3) is 10.9 Å². The first-order valence-electron chi connectivity index (χ1n) is 7.81. The van der Waals surface area contributed by atoms with Crippen LogP contribution in [-0.4, -0.2) is 44.4 Å². The van der Waals surface area contributed by atoms with Gasteiger partial charge in [-0.3, -0.25) is 9.59 Å². The Morgan fingerprint density at radius 2 is 2.21 bits per heavy atom. The molecule has 0 aliphatic carbocycles. The van der Waals surface area contributed by atoms with Crippen LogP contribution in [0.15, 0.2) is 23.1 Å². The van der Waals surface area contributed by atoms with Gasteiger partial charge in [0.2, 0.25) is 5.43 Å². The van der Waals surface area contributed by atoms with Crippen molar-refractivity contribution >= 4 is 16.8 Å². The van der Waals surface area contributed by atoms with Gasteiger partial charge in [-0.1, -0.05) is 0 Å². The minimum atomic E-state index is -0.421. The van der Waals surface area contributed by atoms with Gasteiger partial charge in [-0.15, -0.1) is 0 Å². The van der Waals surface area contributed by atoms with Gasteiger partial charge < -0.3 is 24.5 Å². The first kappa shape index (κ1) is 16.3. The first-order chi connectivity index (χ1) is 11.6. The van der Waals surface area contributed by atoms with Crippen molar-refractivity contribution in [1.29, 1.82) is 0 Å². The van der Waals surface area contributed by atoms with E-state index in [0.29, 0.717) is 28.9 Å². The summed E-state index contributed by atoms with van der Waals surface area (Å²) in [5.41, 5.74) is 0.209. The Kier molecular flexibility index (Phi) is 4.71. The predicted molar refractivity (Wildman–Crippen MR) is 89.0 cm³/mol. The molecule has 128 valence electrons. The van der Waals surface area contributed by atoms with Gasteiger partial charge >= 0.3 is 0 Å². The number of rotatable bonds is 5. The maximum atomic E-state index is 12.7. The number of H-pyrrole nitrogens is 1. The molecule has 1 saturated heterocycles. The largest absolute Gasteiger partial charge is 0.497 e. The number of fused-ring (bicyclic) bond motifs is 1. The molecule has 7 heteroatoms. The van der Waals surface area contributed by atoms with E-state index in [9.17, 15) is 9.59 Å². The van der Waals surface area contributed by atoms with Gasteiger partial charge in [0.25, 0.3) is 5.91 Å². The molecule has 2 heterocycles. The standard InChI is InChI=1S/C17H20N2O5/c1-22-11-6-12-15(14(7-11)23-2)18-9-13(16(12)20)17(21)19-8-10-4-3-5-24-10/h6-7,9-10H,3-5,8H2,1-2H3,(H,18,20)(H,19,21)/t10-/m1/s1. The van der Waals surface area contributed by atoms with Crippen molar-refractivity contribution in [1.82, 2.24) is 10.3 Å². The van der Waals surface area contributed by atoms with E-state index in [4.69, 9.17) is 14.2 Å². The Morgan fingerprint density at radius 1 is 1.38 bits per heavy atom. The lowest BCUT2D eigenvalue weighted by Crippen LogP contribution is -2.34. The zero-order chi connectivity index (χ0) is 17.1. The van der Waals surface area contributed by atoms with E-state index in [1.54, 1.807) is 12.1 Å². The number of pyridine rings is 1. The maximum Gasteiger partial charge on any atom is 0.256 e. The van der Waals surface area contributed by atoms with Crippen molar-refractivity contribution in [3.05, 3.63) is 34.1 Å². The molecule has 1 amide bonds. The van der Waals surface area contributed by atoms with E-state index in [0.717, 1.165) is 19.4 Å². The lowest BCUT2D eigenvalue weighted by Gasteiger charge is -2.12. The number of aromatic amines is 1. The molecule has 24 heavy (non-hydrogen) atoms. The molecule has 1 aliphatic heterocycles. The monoisotopic (exact) mass is 332 g/mol. The second-order valence-electron chi connectivity index (χ2n) is 5.63. The Bertz CT molecular complexity index is 808. The Balaban J connectivity index is 1.92. The van der Waals surface area contributed by atoms with Crippen molar-refractivity contribution in [2.75, 3.05) is 27.4 Å². The summed E-state index contributed by atoms with van der Waals surface area (Å²) < 4.78 is 15.9. The molecule has 1 aromatic heterocycles. The van der Waals surface area contributed by atoms with Crippen molar-refractivity contribution in [2.24, 2.45) is 0 Å². The highest BCUT2D eigenvalue weighted by Crippen LogP contribution is 2.27. The van der Waals surface area contributed by atoms with Crippen LogP contribution in [0.4, 0.5) is 0 Å². The molecule has 0 spiro atoms. The lowest BCUT2D eigenvalue weighted by molar-refractivity contribution is 0.0857. The molecule has 2 N–H and O–H groups in total. The Hall–Kier alpha value is -2.54. The summed E-state index contributed by atoms with van der Waals surface area (Å²) in [6, 6.07) is 3.27. The molecule has 3 rings (SSSR count). The van der Waals surface area contributed by atoms with Crippen molar-refractivity contribution < 1.29 is 19.0 Å². The molecule has 0 bridgehead atoms. The average molecular weight is 332 g/mol. The normalized spacial score (nSPS) is 17.0. The summed E-state index contributed by atoms with van der Waals surface area (Å²) in [5.74, 6) is 0.546. The second kappa shape index (κ2) is 6.92. The molecule has 1 aliphatic rings. The minimum Gasteiger partial charge on any atom is -0.497 e. The number of hydrogen-bond donors (Lipinski definition) is 2. The fourth-order valence-corrected chi connectivity index (χ4v) is 2.83. The first-order valence-corrected chi connectivity index (χ1v) is 7.81. The van der Waals surface area contributed by atoms with Crippen LogP contribution < -0.4 is 20.2 Å². The number of carbonyl (C=O) groups is 1. The second-order valence-corrected chi connectivity index (χ2v) is 5.63. The van der Waals surface area contributed by atoms with Crippen LogP contribution in [0.2, 0.25) is 0 Å². The highest BCUT2D eigenvalue weighted by molar-refractivity contribution is 5.98. The summed E-state index contributed by atoms with van der Waals surface area (Å²) in [4.78, 5) is 28.0. The van der Waals surface area contributed by atoms with Gasteiger partial charge in [0.1, 0.15) is 17.1 Å². The van der Waals surface area contributed by atoms with Crippen LogP contribution in [0.5, 0.6) is 11.5 Å². The van der Waals surface area contributed by atoms with E-state index in [-0.39, 0.29) is 17.1 Å². The van der Waals surface area contributed by atoms with Crippen LogP contribution in [0, 0.1) is 0 Å². The molecule has 7 nitrogen and oxygen atoms in total. The molecule has 2 aromatic rings. The topological polar surface area (TPSA) is 89.7 Å². The number of carbonyl (C=O) groups excluding carboxylic acids is 1. The third-order valence-corrected chi connectivity index (χ3v) is 4.14. The van der Waals surface area contributed by atoms with E-state index in [1.165, 1.54) is 20.4 Å². The van der Waals surface area contributed by atoms with Gasteiger partial charge in [-0.05, 0) is 18.9 Å². The van der Waals surface area contributed by atoms with Crippen LogP contribution in [0.1, 0.15) is 23.2 Å². The fraction of sp³-hybridized carbons (Fsp3) is 0.412. The van der Waals surface area contributed by atoms with Gasteiger partial charge in [0.15, 0.2) is 0 Å². The van der Waals surface area contributed by atoms with Crippen molar-refractivity contribution in [3.63, 3.8) is 0 Å². The summed E-state index contributed by atoms with van der Waals surface area (Å²) in [7, 11) is 3.02. The van der Waals surface area contributed by atoms with Crippen LogP contribution >= 0.6 is 0 Å². The van der Waals surface area contributed by atoms with E-state index in [1.807, 2.05) is 0 Å². The highest BCUT2D eigenvalue weighted by atomic mass is 16.5. The van der Waals surface area contributed by atoms with Gasteiger partial charge in [0.05, 0.1) is 31.2 Å². The Labute approximate surface area is 138 Å². The number of hydrogen-bond acceptors (Lipinski definition) is 5. The van der Waals surface area contributed by atoms with Crippen molar-refractivity contribution in [3.8, 4) is 11.5 Å². The number of methoxy groups -OCH3 is 2. The number of amides is 1. The number of ether oxygens (including phenoxy) is 3. The number of benzene rings is 1. The maximum absolute atomic E-state index is 12.7.